The quantitative estimate of drug-likeness (QED) is 0.933. The number of carboxylic acids is 1. The first-order valence-electron chi connectivity index (χ1n) is 6.64. The van der Waals surface area contributed by atoms with Gasteiger partial charge in [-0.25, -0.2) is 4.79 Å². The van der Waals surface area contributed by atoms with Gasteiger partial charge >= 0.3 is 5.97 Å². The molecule has 4 nitrogen and oxygen atoms in total. The van der Waals surface area contributed by atoms with Crippen molar-refractivity contribution in [2.24, 2.45) is 0 Å². The van der Waals surface area contributed by atoms with Crippen LogP contribution in [-0.2, 0) is 12.0 Å². The fourth-order valence-corrected chi connectivity index (χ4v) is 2.10. The van der Waals surface area contributed by atoms with Gasteiger partial charge in [0.2, 0.25) is 0 Å². The van der Waals surface area contributed by atoms with E-state index >= 15 is 0 Å². The Morgan fingerprint density at radius 2 is 1.85 bits per heavy atom. The van der Waals surface area contributed by atoms with Crippen LogP contribution < -0.4 is 0 Å². The van der Waals surface area contributed by atoms with Crippen molar-refractivity contribution in [3.63, 3.8) is 0 Å². The van der Waals surface area contributed by atoms with Gasteiger partial charge in [0, 0.05) is 0 Å². The minimum absolute atomic E-state index is 0.136. The van der Waals surface area contributed by atoms with Crippen molar-refractivity contribution in [1.29, 1.82) is 0 Å². The molecule has 4 heteroatoms. The summed E-state index contributed by atoms with van der Waals surface area (Å²) in [5.41, 5.74) is 3.47. The van der Waals surface area contributed by atoms with Crippen molar-refractivity contribution in [2.75, 3.05) is 0 Å². The minimum atomic E-state index is -0.933. The first kappa shape index (κ1) is 14.3. The number of rotatable bonds is 3. The molecule has 1 heterocycles. The van der Waals surface area contributed by atoms with Crippen LogP contribution in [0.25, 0.3) is 0 Å². The molecule has 2 aromatic rings. The van der Waals surface area contributed by atoms with Crippen LogP contribution in [0, 0.1) is 6.92 Å². The Hall–Kier alpha value is -2.10. The van der Waals surface area contributed by atoms with Crippen LogP contribution >= 0.6 is 0 Å². The second-order valence-electron chi connectivity index (χ2n) is 6.05. The molecule has 0 aliphatic heterocycles. The van der Waals surface area contributed by atoms with Gasteiger partial charge in [-0.05, 0) is 23.5 Å². The lowest BCUT2D eigenvalue weighted by Gasteiger charge is -2.19. The van der Waals surface area contributed by atoms with Gasteiger partial charge in [-0.3, -0.25) is 4.68 Å². The summed E-state index contributed by atoms with van der Waals surface area (Å²) in [6.07, 6.45) is 1.40. The highest BCUT2D eigenvalue weighted by atomic mass is 16.4. The fourth-order valence-electron chi connectivity index (χ4n) is 2.10. The molecule has 20 heavy (non-hydrogen) atoms. The van der Waals surface area contributed by atoms with Crippen LogP contribution in [0.4, 0.5) is 0 Å². The standard InChI is InChI=1S/C16H20N2O2/c1-11-14(15(19)20)9-17-18(11)10-12-5-7-13(8-6-12)16(2,3)4/h5-9H,10H2,1-4H3,(H,19,20). The van der Waals surface area contributed by atoms with Crippen LogP contribution in [-0.4, -0.2) is 20.9 Å². The number of carboxylic acid groups (broad SMARTS) is 1. The SMILES string of the molecule is Cc1c(C(=O)O)cnn1Cc1ccc(C(C)(C)C)cc1. The lowest BCUT2D eigenvalue weighted by Crippen LogP contribution is -2.11. The summed E-state index contributed by atoms with van der Waals surface area (Å²) in [5.74, 6) is -0.933. The van der Waals surface area contributed by atoms with E-state index in [1.807, 2.05) is 0 Å². The number of nitrogens with zero attached hydrogens (tertiary/aromatic N) is 2. The number of hydrogen-bond acceptors (Lipinski definition) is 2. The number of hydrogen-bond donors (Lipinski definition) is 1. The van der Waals surface area contributed by atoms with Gasteiger partial charge in [0.05, 0.1) is 18.4 Å². The van der Waals surface area contributed by atoms with Crippen molar-refractivity contribution in [1.82, 2.24) is 9.78 Å². The molecule has 1 N–H and O–H groups in total. The molecular formula is C16H20N2O2. The van der Waals surface area contributed by atoms with E-state index in [0.717, 1.165) is 5.56 Å². The number of carbonyl (C=O) groups is 1. The normalized spacial score (nSPS) is 11.6. The third-order valence-corrected chi connectivity index (χ3v) is 3.49. The smallest absolute Gasteiger partial charge is 0.339 e. The first-order valence-corrected chi connectivity index (χ1v) is 6.64. The van der Waals surface area contributed by atoms with E-state index in [1.165, 1.54) is 11.8 Å². The summed E-state index contributed by atoms with van der Waals surface area (Å²) < 4.78 is 1.72. The summed E-state index contributed by atoms with van der Waals surface area (Å²) in [6.45, 7) is 8.90. The van der Waals surface area contributed by atoms with E-state index in [1.54, 1.807) is 11.6 Å². The highest BCUT2D eigenvalue weighted by Crippen LogP contribution is 2.22. The largest absolute Gasteiger partial charge is 0.478 e. The van der Waals surface area contributed by atoms with Crippen molar-refractivity contribution >= 4 is 5.97 Å². The maximum Gasteiger partial charge on any atom is 0.339 e. The van der Waals surface area contributed by atoms with Crippen LogP contribution in [0.1, 0.15) is 48.0 Å². The summed E-state index contributed by atoms with van der Waals surface area (Å²) >= 11 is 0. The zero-order valence-electron chi connectivity index (χ0n) is 12.3. The fraction of sp³-hybridized carbons (Fsp3) is 0.375. The molecule has 0 fully saturated rings. The van der Waals surface area contributed by atoms with E-state index in [0.29, 0.717) is 12.2 Å². The molecule has 0 atom stereocenters. The second-order valence-corrected chi connectivity index (χ2v) is 6.05. The molecule has 2 rings (SSSR count). The highest BCUT2D eigenvalue weighted by Gasteiger charge is 2.14. The second kappa shape index (κ2) is 5.12. The van der Waals surface area contributed by atoms with Crippen molar-refractivity contribution in [3.05, 3.63) is 52.8 Å². The molecule has 0 aliphatic carbocycles. The predicted molar refractivity (Wildman–Crippen MR) is 78.2 cm³/mol. The Balaban J connectivity index is 2.21. The van der Waals surface area contributed by atoms with Crippen molar-refractivity contribution in [2.45, 2.75) is 39.7 Å². The molecule has 0 saturated heterocycles. The van der Waals surface area contributed by atoms with E-state index in [4.69, 9.17) is 5.11 Å². The lowest BCUT2D eigenvalue weighted by molar-refractivity contribution is 0.0696. The monoisotopic (exact) mass is 272 g/mol. The summed E-state index contributed by atoms with van der Waals surface area (Å²) in [4.78, 5) is 11.0. The Kier molecular flexibility index (Phi) is 3.66. The molecular weight excluding hydrogens is 252 g/mol. The average Bonchev–Trinajstić information content (AvgIpc) is 2.71. The Labute approximate surface area is 119 Å². The molecule has 0 saturated carbocycles. The van der Waals surface area contributed by atoms with Gasteiger partial charge < -0.3 is 5.11 Å². The van der Waals surface area contributed by atoms with Crippen molar-refractivity contribution < 1.29 is 9.90 Å². The van der Waals surface area contributed by atoms with Gasteiger partial charge in [-0.1, -0.05) is 45.0 Å². The van der Waals surface area contributed by atoms with Crippen LogP contribution in [0.15, 0.2) is 30.5 Å². The average molecular weight is 272 g/mol. The molecule has 0 unspecified atom stereocenters. The minimum Gasteiger partial charge on any atom is -0.478 e. The zero-order valence-corrected chi connectivity index (χ0v) is 12.3. The Bertz CT molecular complexity index is 619. The van der Waals surface area contributed by atoms with Gasteiger partial charge in [0.1, 0.15) is 5.56 Å². The highest BCUT2D eigenvalue weighted by molar-refractivity contribution is 5.88. The van der Waals surface area contributed by atoms with Gasteiger partial charge in [0.25, 0.3) is 0 Å². The predicted octanol–water partition coefficient (Wildman–Crippen LogP) is 3.24. The molecule has 106 valence electrons. The van der Waals surface area contributed by atoms with E-state index in [2.05, 4.69) is 50.1 Å². The number of aromatic nitrogens is 2. The molecule has 1 aromatic heterocycles. The van der Waals surface area contributed by atoms with Gasteiger partial charge in [-0.15, -0.1) is 0 Å². The molecule has 0 amide bonds. The summed E-state index contributed by atoms with van der Waals surface area (Å²) in [5, 5.41) is 13.2. The molecule has 1 aromatic carbocycles. The number of aromatic carboxylic acids is 1. The molecule has 0 spiro atoms. The van der Waals surface area contributed by atoms with Crippen LogP contribution in [0.5, 0.6) is 0 Å². The zero-order chi connectivity index (χ0) is 14.9. The van der Waals surface area contributed by atoms with E-state index < -0.39 is 5.97 Å². The molecule has 0 radical (unpaired) electrons. The topological polar surface area (TPSA) is 55.1 Å². The number of benzene rings is 1. The summed E-state index contributed by atoms with van der Waals surface area (Å²) in [6, 6.07) is 8.38. The lowest BCUT2D eigenvalue weighted by atomic mass is 9.87. The van der Waals surface area contributed by atoms with Gasteiger partial charge in [0.15, 0.2) is 0 Å². The van der Waals surface area contributed by atoms with E-state index in [9.17, 15) is 4.79 Å². The van der Waals surface area contributed by atoms with Crippen LogP contribution in [0.3, 0.4) is 0 Å². The maximum atomic E-state index is 11.0. The Morgan fingerprint density at radius 1 is 1.25 bits per heavy atom. The van der Waals surface area contributed by atoms with Crippen LogP contribution in [0.2, 0.25) is 0 Å². The van der Waals surface area contributed by atoms with Gasteiger partial charge in [-0.2, -0.15) is 5.10 Å². The molecule has 0 aliphatic rings. The molecule has 0 bridgehead atoms. The third-order valence-electron chi connectivity index (χ3n) is 3.49. The third kappa shape index (κ3) is 2.90. The Morgan fingerprint density at radius 3 is 2.30 bits per heavy atom. The van der Waals surface area contributed by atoms with Crippen molar-refractivity contribution in [3.8, 4) is 0 Å². The first-order chi connectivity index (χ1) is 9.29. The maximum absolute atomic E-state index is 11.0. The summed E-state index contributed by atoms with van der Waals surface area (Å²) in [7, 11) is 0. The van der Waals surface area contributed by atoms with E-state index in [-0.39, 0.29) is 11.0 Å².